The van der Waals surface area contributed by atoms with E-state index in [0.717, 1.165) is 48.5 Å². The number of fused-ring (bicyclic) bond motifs is 2. The highest BCUT2D eigenvalue weighted by molar-refractivity contribution is 5.89. The number of carbonyl (C=O) groups excluding carboxylic acids is 3. The van der Waals surface area contributed by atoms with Crippen molar-refractivity contribution in [3.63, 3.8) is 0 Å². The molecule has 7 aliphatic rings. The smallest absolute Gasteiger partial charge is 0.330 e. The van der Waals surface area contributed by atoms with Crippen LogP contribution in [-0.2, 0) is 52.3 Å². The lowest BCUT2D eigenvalue weighted by molar-refractivity contribution is -0.278. The number of esters is 3. The van der Waals surface area contributed by atoms with E-state index >= 15 is 0 Å². The van der Waals surface area contributed by atoms with E-state index in [1.54, 1.807) is 0 Å². The maximum absolute atomic E-state index is 14.4. The molecule has 1 aliphatic carbocycles. The van der Waals surface area contributed by atoms with E-state index in [0.29, 0.717) is 5.56 Å². The van der Waals surface area contributed by atoms with Crippen LogP contribution in [0.4, 0.5) is 0 Å². The Kier molecular flexibility index (Phi) is 26.0. The third-order valence-corrected chi connectivity index (χ3v) is 19.1. The predicted molar refractivity (Wildman–Crippen MR) is 372 cm³/mol. The lowest BCUT2D eigenvalue weighted by Crippen LogP contribution is -2.60. The van der Waals surface area contributed by atoms with E-state index in [2.05, 4.69) is 0 Å². The first-order valence-electron chi connectivity index (χ1n) is 35.0. The van der Waals surface area contributed by atoms with Gasteiger partial charge in [0.2, 0.25) is 42.6 Å². The standard InChI is InChI=1S/C73H78O42/c74-20-40-50(85)56(91)61(96)70(110-40)106-31-16-34(78)48-38(18-31)108-67(68(55(48)90)115-73-65(100)57(92)51(86)41(21-75)111-73)26-4-8-29(9-5-26)104-69-62(97)58(93)52(87)42(112-69)22-102-46(82)11-12-47(83)103-23-43-53(88)59(94)63(98)71(113-43)105-30-15-33(77)32-19-39(66(107-37(32)17-30)27-13-35(79)49(84)36(80)14-27)109-72-64(99)60(95)54(89)44(114-72)24-101-45(81)10-3-25-1-6-28(76)7-2-25/h1-10,13-19,40-44,50-54,56-65,69-76,78-80,84-89,91-100H,11-12,20-24H2/t40-,41-,42-,43-,44-,50-,51-,52-,53-,54-,56+,57+,58+,59+,60+,61-,62-,63-,64-,65-,69-,70-,71-,72-,73+/m1/s1. The van der Waals surface area contributed by atoms with Gasteiger partial charge in [0.1, 0.15) is 187 Å². The number of aliphatic hydroxyl groups is 17. The van der Waals surface area contributed by atoms with Crippen molar-refractivity contribution < 1.29 is 197 Å². The zero-order valence-electron chi connectivity index (χ0n) is 59.2. The molecule has 22 N–H and O–H groups in total. The highest BCUT2D eigenvalue weighted by atomic mass is 16.7. The average Bonchev–Trinajstić information content (AvgIpc) is 0.750. The van der Waals surface area contributed by atoms with Crippen LogP contribution in [0.3, 0.4) is 0 Å². The minimum atomic E-state index is -2.09. The van der Waals surface area contributed by atoms with Crippen LogP contribution >= 0.6 is 0 Å². The van der Waals surface area contributed by atoms with Gasteiger partial charge in [-0.25, -0.2) is 4.79 Å². The molecule has 6 aliphatic heterocycles. The molecule has 5 aromatic rings. The summed E-state index contributed by atoms with van der Waals surface area (Å²) in [6.07, 6.45) is -46.3. The van der Waals surface area contributed by atoms with Crippen molar-refractivity contribution in [1.82, 2.24) is 0 Å². The molecule has 4 aromatic carbocycles. The van der Waals surface area contributed by atoms with Crippen LogP contribution in [0.1, 0.15) is 18.4 Å². The van der Waals surface area contributed by atoms with Gasteiger partial charge < -0.3 is 183 Å². The number of hydrogen-bond acceptors (Lipinski definition) is 42. The fraction of sp³-hybridized carbons (Fsp3) is 0.438. The number of benzene rings is 5. The third-order valence-electron chi connectivity index (χ3n) is 19.1. The van der Waals surface area contributed by atoms with Crippen LogP contribution in [0.25, 0.3) is 51.0 Å². The van der Waals surface area contributed by atoms with E-state index in [4.69, 9.17) is 70.4 Å². The number of phenolic OH excluding ortho intramolecular Hbond substituents is 5. The van der Waals surface area contributed by atoms with Gasteiger partial charge in [-0.1, -0.05) is 12.1 Å². The summed E-state index contributed by atoms with van der Waals surface area (Å²) in [5.74, 6) is -10.6. The van der Waals surface area contributed by atoms with Crippen molar-refractivity contribution in [1.29, 1.82) is 0 Å². The fourth-order valence-electron chi connectivity index (χ4n) is 12.6. The van der Waals surface area contributed by atoms with Crippen LogP contribution < -0.4 is 34.5 Å². The summed E-state index contributed by atoms with van der Waals surface area (Å²) in [6, 6.07) is 17.1. The van der Waals surface area contributed by atoms with E-state index in [1.807, 2.05) is 0 Å². The molecule has 5 fully saturated rings. The lowest BCUT2D eigenvalue weighted by atomic mass is 9.99. The van der Waals surface area contributed by atoms with Gasteiger partial charge in [0.15, 0.2) is 39.9 Å². The molecule has 0 unspecified atom stereocenters. The second-order valence-corrected chi connectivity index (χ2v) is 27.0. The summed E-state index contributed by atoms with van der Waals surface area (Å²) < 4.78 is 84.7. The molecule has 0 amide bonds. The number of carbonyl (C=O) groups is 3. The van der Waals surface area contributed by atoms with E-state index in [9.17, 15) is 136 Å². The summed E-state index contributed by atoms with van der Waals surface area (Å²) in [4.78, 5) is 67.0. The maximum Gasteiger partial charge on any atom is 0.330 e. The van der Waals surface area contributed by atoms with E-state index in [-0.39, 0.29) is 33.9 Å². The summed E-state index contributed by atoms with van der Waals surface area (Å²) >= 11 is 0. The third kappa shape index (κ3) is 18.2. The molecule has 622 valence electrons. The molecule has 5 saturated heterocycles. The molecule has 0 radical (unpaired) electrons. The fourth-order valence-corrected chi connectivity index (χ4v) is 12.6. The number of ether oxygens (including phenoxy) is 13. The molecule has 0 saturated carbocycles. The molecular formula is C73H78O42. The van der Waals surface area contributed by atoms with Gasteiger partial charge in [-0.05, 0) is 66.2 Å². The Morgan fingerprint density at radius 2 is 0.835 bits per heavy atom. The van der Waals surface area contributed by atoms with Crippen molar-refractivity contribution in [3.8, 4) is 91.5 Å². The highest BCUT2D eigenvalue weighted by Gasteiger charge is 2.51. The number of phenols is 5. The Morgan fingerprint density at radius 1 is 0.400 bits per heavy atom. The number of aromatic hydroxyl groups is 5. The van der Waals surface area contributed by atoms with Crippen molar-refractivity contribution in [2.75, 3.05) is 33.0 Å². The van der Waals surface area contributed by atoms with Crippen molar-refractivity contribution >= 4 is 35.0 Å². The van der Waals surface area contributed by atoms with Crippen LogP contribution in [-0.4, -0.2) is 317 Å². The maximum atomic E-state index is 14.4. The average molecular weight is 1630 g/mol. The molecule has 42 heteroatoms. The van der Waals surface area contributed by atoms with Gasteiger partial charge in [0, 0.05) is 41.5 Å². The Morgan fingerprint density at radius 3 is 1.32 bits per heavy atom. The van der Waals surface area contributed by atoms with Gasteiger partial charge in [-0.2, -0.15) is 0 Å². The largest absolute Gasteiger partial charge is 0.508 e. The Balaban J connectivity index is 0.670. The van der Waals surface area contributed by atoms with E-state index in [1.165, 1.54) is 54.6 Å². The molecule has 7 heterocycles. The summed E-state index contributed by atoms with van der Waals surface area (Å²) in [7, 11) is 0. The number of aliphatic hydroxyl groups excluding tert-OH is 17. The van der Waals surface area contributed by atoms with Crippen LogP contribution in [0, 0.1) is 0 Å². The van der Waals surface area contributed by atoms with Crippen LogP contribution in [0.15, 0.2) is 115 Å². The first-order chi connectivity index (χ1) is 54.7. The van der Waals surface area contributed by atoms with Crippen molar-refractivity contribution in [2.24, 2.45) is 0 Å². The SMILES string of the molecule is O=C(C=Cc1ccc(O)cc1)OC[C@H]1O[C@@H](Oc2cc3c(=O)cc(O[C@@H]4O[C@H](COC(=O)CCC(=O)OC[C@H]5O[C@@H](Oc6ccc(-c7oc8cc(O[C@@H]9O[C@H](CO)[C@@H](O)[C@H](O)[C@H]9O)cc(O)c8c(=O)c7O[C@@H]7O[C@H](CO)[C@@H](O)[C@H](O)[C@H]7O)cc6)[C@H](O)[C@@H](O)[C@@H]5O)[C@@H](O)[C@H](O)[C@H]4O)cc-3oc2-c2cc(O)c(O)c(O)c2)[C@H](O)[C@@H](O)[C@@H]1O. The van der Waals surface area contributed by atoms with Crippen molar-refractivity contribution in [2.45, 2.75) is 166 Å². The molecule has 12 rings (SSSR count). The minimum Gasteiger partial charge on any atom is -0.508 e. The normalized spacial score (nSPS) is 31.6. The molecule has 115 heavy (non-hydrogen) atoms. The Bertz CT molecular complexity index is 4680. The summed E-state index contributed by atoms with van der Waals surface area (Å²) in [5.41, 5.74) is -2.79. The van der Waals surface area contributed by atoms with Gasteiger partial charge in [-0.3, -0.25) is 19.2 Å². The molecule has 25 atom stereocenters. The zero-order chi connectivity index (χ0) is 82.9. The van der Waals surface area contributed by atoms with Gasteiger partial charge in [0.25, 0.3) is 0 Å². The zero-order valence-corrected chi connectivity index (χ0v) is 59.2. The lowest BCUT2D eigenvalue weighted by Gasteiger charge is -2.40. The number of hydrogen-bond donors (Lipinski definition) is 22. The molecule has 42 nitrogen and oxygen atoms in total. The quantitative estimate of drug-likeness (QED) is 0.0110. The number of rotatable bonds is 25. The molecule has 0 bridgehead atoms. The molecular weight excluding hydrogens is 1550 g/mol. The van der Waals surface area contributed by atoms with Gasteiger partial charge in [-0.15, -0.1) is 0 Å². The first kappa shape index (κ1) is 84.2. The van der Waals surface area contributed by atoms with E-state index < -0.39 is 297 Å². The summed E-state index contributed by atoms with van der Waals surface area (Å²) in [5, 5.41) is 232. The molecule has 0 spiro atoms. The minimum absolute atomic E-state index is 0.0274. The first-order valence-corrected chi connectivity index (χ1v) is 35.0. The van der Waals surface area contributed by atoms with Crippen LogP contribution in [0.5, 0.6) is 57.5 Å². The van der Waals surface area contributed by atoms with Gasteiger partial charge >= 0.3 is 17.9 Å². The monoisotopic (exact) mass is 1630 g/mol. The van der Waals surface area contributed by atoms with Gasteiger partial charge in [0.05, 0.1) is 31.6 Å². The van der Waals surface area contributed by atoms with Crippen LogP contribution in [0.2, 0.25) is 0 Å². The predicted octanol–water partition coefficient (Wildman–Crippen LogP) is -5.55. The highest BCUT2D eigenvalue weighted by Crippen LogP contribution is 2.46. The Hall–Kier alpha value is -10.2. The molecule has 1 aromatic heterocycles. The topological polar surface area (TPSA) is 677 Å². The second-order valence-electron chi connectivity index (χ2n) is 27.0. The second kappa shape index (κ2) is 35.5. The van der Waals surface area contributed by atoms with Crippen molar-refractivity contribution in [3.05, 3.63) is 123 Å². The summed E-state index contributed by atoms with van der Waals surface area (Å²) in [6.45, 7) is -4.19. The Labute approximate surface area is 644 Å².